The van der Waals surface area contributed by atoms with Crippen LogP contribution in [0.3, 0.4) is 0 Å². The van der Waals surface area contributed by atoms with Crippen LogP contribution in [0, 0.1) is 5.41 Å². The number of hydrogen-bond acceptors (Lipinski definition) is 4. The first kappa shape index (κ1) is 19.0. The number of alkyl carbamates (subject to hydrolysis) is 1. The molecule has 0 aliphatic carbocycles. The number of carbonyl (C=O) groups is 2. The third-order valence-corrected chi connectivity index (χ3v) is 3.25. The molecule has 0 saturated heterocycles. The van der Waals surface area contributed by atoms with Crippen LogP contribution in [0.2, 0.25) is 0 Å². The van der Waals surface area contributed by atoms with E-state index in [0.717, 1.165) is 5.56 Å². The Morgan fingerprint density at radius 1 is 1.26 bits per heavy atom. The van der Waals surface area contributed by atoms with Crippen molar-refractivity contribution in [1.29, 1.82) is 0 Å². The van der Waals surface area contributed by atoms with Crippen molar-refractivity contribution in [2.45, 2.75) is 39.8 Å². The number of rotatable bonds is 8. The molecule has 0 aliphatic heterocycles. The van der Waals surface area contributed by atoms with Crippen LogP contribution < -0.4 is 10.6 Å². The van der Waals surface area contributed by atoms with Crippen molar-refractivity contribution in [2.24, 2.45) is 5.41 Å². The highest BCUT2D eigenvalue weighted by molar-refractivity contribution is 5.76. The number of ether oxygens (including phenoxy) is 1. The van der Waals surface area contributed by atoms with Crippen LogP contribution in [-0.4, -0.2) is 36.3 Å². The number of aliphatic hydroxyl groups is 1. The molecule has 23 heavy (non-hydrogen) atoms. The van der Waals surface area contributed by atoms with Crippen molar-refractivity contribution in [2.75, 3.05) is 13.2 Å². The maximum Gasteiger partial charge on any atom is 0.407 e. The van der Waals surface area contributed by atoms with E-state index in [9.17, 15) is 9.59 Å². The van der Waals surface area contributed by atoms with Gasteiger partial charge in [0.2, 0.25) is 5.91 Å². The van der Waals surface area contributed by atoms with Gasteiger partial charge in [-0.25, -0.2) is 4.79 Å². The van der Waals surface area contributed by atoms with Gasteiger partial charge in [0.05, 0.1) is 0 Å². The molecule has 0 fully saturated rings. The van der Waals surface area contributed by atoms with Crippen LogP contribution >= 0.6 is 0 Å². The van der Waals surface area contributed by atoms with Crippen LogP contribution in [0.4, 0.5) is 4.79 Å². The van der Waals surface area contributed by atoms with Crippen molar-refractivity contribution >= 4 is 12.0 Å². The van der Waals surface area contributed by atoms with Crippen molar-refractivity contribution in [3.8, 4) is 0 Å². The van der Waals surface area contributed by atoms with Crippen LogP contribution in [0.1, 0.15) is 32.8 Å². The Bertz CT molecular complexity index is 503. The summed E-state index contributed by atoms with van der Waals surface area (Å²) in [7, 11) is 0. The molecule has 0 bridgehead atoms. The Morgan fingerprint density at radius 3 is 2.52 bits per heavy atom. The van der Waals surface area contributed by atoms with Gasteiger partial charge < -0.3 is 20.5 Å². The summed E-state index contributed by atoms with van der Waals surface area (Å²) in [5.41, 5.74) is 0.463. The molecule has 1 unspecified atom stereocenters. The monoisotopic (exact) mass is 322 g/mol. The molecule has 1 atom stereocenters. The summed E-state index contributed by atoms with van der Waals surface area (Å²) in [6, 6.07) is 9.15. The SMILES string of the molecule is CC(CNC(=O)CC(C)(C)CO)NC(=O)OCc1ccccc1. The van der Waals surface area contributed by atoms with Gasteiger partial charge in [-0.15, -0.1) is 0 Å². The normalized spacial score (nSPS) is 12.3. The quantitative estimate of drug-likeness (QED) is 0.681. The highest BCUT2D eigenvalue weighted by atomic mass is 16.5. The van der Waals surface area contributed by atoms with Gasteiger partial charge in [-0.2, -0.15) is 0 Å². The van der Waals surface area contributed by atoms with E-state index in [1.807, 2.05) is 44.2 Å². The van der Waals surface area contributed by atoms with Gasteiger partial charge in [-0.3, -0.25) is 4.79 Å². The van der Waals surface area contributed by atoms with Gasteiger partial charge in [0.25, 0.3) is 0 Å². The van der Waals surface area contributed by atoms with E-state index >= 15 is 0 Å². The second-order valence-electron chi connectivity index (χ2n) is 6.41. The molecule has 0 spiro atoms. The number of benzene rings is 1. The zero-order valence-electron chi connectivity index (χ0n) is 14.0. The highest BCUT2D eigenvalue weighted by Gasteiger charge is 2.21. The van der Waals surface area contributed by atoms with Gasteiger partial charge in [0, 0.05) is 25.6 Å². The maximum absolute atomic E-state index is 11.8. The van der Waals surface area contributed by atoms with Crippen LogP contribution in [0.25, 0.3) is 0 Å². The summed E-state index contributed by atoms with van der Waals surface area (Å²) in [6.07, 6.45) is -0.291. The number of hydrogen-bond donors (Lipinski definition) is 3. The van der Waals surface area contributed by atoms with E-state index in [0.29, 0.717) is 6.54 Å². The second-order valence-corrected chi connectivity index (χ2v) is 6.41. The summed E-state index contributed by atoms with van der Waals surface area (Å²) in [6.45, 7) is 5.86. The summed E-state index contributed by atoms with van der Waals surface area (Å²) in [4.78, 5) is 23.4. The smallest absolute Gasteiger partial charge is 0.407 e. The van der Waals surface area contributed by atoms with Crippen molar-refractivity contribution in [3.05, 3.63) is 35.9 Å². The van der Waals surface area contributed by atoms with E-state index in [2.05, 4.69) is 10.6 Å². The fourth-order valence-electron chi connectivity index (χ4n) is 1.84. The third-order valence-electron chi connectivity index (χ3n) is 3.25. The molecular weight excluding hydrogens is 296 g/mol. The number of amides is 2. The lowest BCUT2D eigenvalue weighted by Crippen LogP contribution is -2.43. The predicted octanol–water partition coefficient (Wildman–Crippen LogP) is 1.83. The summed E-state index contributed by atoms with van der Waals surface area (Å²) >= 11 is 0. The molecule has 2 amide bonds. The molecule has 0 heterocycles. The van der Waals surface area contributed by atoms with Crippen LogP contribution in [0.15, 0.2) is 30.3 Å². The van der Waals surface area contributed by atoms with Crippen molar-refractivity contribution in [3.63, 3.8) is 0 Å². The van der Waals surface area contributed by atoms with Crippen LogP contribution in [0.5, 0.6) is 0 Å². The molecule has 6 heteroatoms. The summed E-state index contributed by atoms with van der Waals surface area (Å²) < 4.78 is 5.11. The number of aliphatic hydroxyl groups excluding tert-OH is 1. The fraction of sp³-hybridized carbons (Fsp3) is 0.529. The topological polar surface area (TPSA) is 87.7 Å². The Balaban J connectivity index is 2.24. The lowest BCUT2D eigenvalue weighted by molar-refractivity contribution is -0.123. The minimum absolute atomic E-state index is 0.0555. The van der Waals surface area contributed by atoms with E-state index in [-0.39, 0.29) is 31.6 Å². The third kappa shape index (κ3) is 8.21. The molecule has 0 aromatic heterocycles. The minimum atomic E-state index is -0.522. The number of carbonyl (C=O) groups excluding carboxylic acids is 2. The zero-order chi connectivity index (χ0) is 17.3. The lowest BCUT2D eigenvalue weighted by atomic mass is 9.90. The fourth-order valence-corrected chi connectivity index (χ4v) is 1.84. The largest absolute Gasteiger partial charge is 0.445 e. The number of nitrogens with one attached hydrogen (secondary N) is 2. The molecule has 1 rings (SSSR count). The van der Waals surface area contributed by atoms with Crippen molar-refractivity contribution < 1.29 is 19.4 Å². The molecule has 1 aromatic rings. The maximum atomic E-state index is 11.8. The zero-order valence-corrected chi connectivity index (χ0v) is 14.0. The Labute approximate surface area is 137 Å². The van der Waals surface area contributed by atoms with Gasteiger partial charge in [0.1, 0.15) is 6.61 Å². The molecule has 0 saturated carbocycles. The minimum Gasteiger partial charge on any atom is -0.445 e. The molecule has 0 aliphatic rings. The van der Waals surface area contributed by atoms with E-state index in [4.69, 9.17) is 9.84 Å². The van der Waals surface area contributed by atoms with Crippen molar-refractivity contribution in [1.82, 2.24) is 10.6 Å². The van der Waals surface area contributed by atoms with E-state index in [1.54, 1.807) is 6.92 Å². The standard InChI is InChI=1S/C17H26N2O4/c1-13(10-18-15(21)9-17(2,3)12-20)19-16(22)23-11-14-7-5-4-6-8-14/h4-8,13,20H,9-12H2,1-3H3,(H,18,21)(H,19,22). The van der Waals surface area contributed by atoms with Gasteiger partial charge in [0.15, 0.2) is 0 Å². The molecule has 0 radical (unpaired) electrons. The molecule has 128 valence electrons. The van der Waals surface area contributed by atoms with Gasteiger partial charge >= 0.3 is 6.09 Å². The van der Waals surface area contributed by atoms with E-state index in [1.165, 1.54) is 0 Å². The van der Waals surface area contributed by atoms with Gasteiger partial charge in [-0.05, 0) is 17.9 Å². The lowest BCUT2D eigenvalue weighted by Gasteiger charge is -2.21. The van der Waals surface area contributed by atoms with E-state index < -0.39 is 11.5 Å². The van der Waals surface area contributed by atoms with Crippen LogP contribution in [-0.2, 0) is 16.1 Å². The molecule has 1 aromatic carbocycles. The summed E-state index contributed by atoms with van der Waals surface area (Å²) in [5.74, 6) is -0.157. The molecular formula is C17H26N2O4. The first-order valence-electron chi connectivity index (χ1n) is 7.67. The first-order chi connectivity index (χ1) is 10.8. The average Bonchev–Trinajstić information content (AvgIpc) is 2.51. The average molecular weight is 322 g/mol. The molecule has 3 N–H and O–H groups in total. The molecule has 6 nitrogen and oxygen atoms in total. The summed E-state index contributed by atoms with van der Waals surface area (Å²) in [5, 5.41) is 14.5. The highest BCUT2D eigenvalue weighted by Crippen LogP contribution is 2.18. The predicted molar refractivity (Wildman–Crippen MR) is 87.7 cm³/mol. The Kier molecular flexibility index (Phi) is 7.54. The Morgan fingerprint density at radius 2 is 1.91 bits per heavy atom. The first-order valence-corrected chi connectivity index (χ1v) is 7.67. The van der Waals surface area contributed by atoms with Gasteiger partial charge in [-0.1, -0.05) is 44.2 Å². The second kappa shape index (κ2) is 9.15. The Hall–Kier alpha value is -2.08.